The Balaban J connectivity index is 1.56. The van der Waals surface area contributed by atoms with E-state index in [4.69, 9.17) is 4.74 Å². The van der Waals surface area contributed by atoms with Gasteiger partial charge >= 0.3 is 0 Å². The highest BCUT2D eigenvalue weighted by atomic mass is 16.5. The minimum absolute atomic E-state index is 0.00766. The Morgan fingerprint density at radius 1 is 1.40 bits per heavy atom. The number of allylic oxidation sites excluding steroid dienone is 3. The smallest absolute Gasteiger partial charge is 0.140 e. The second kappa shape index (κ2) is 5.96. The van der Waals surface area contributed by atoms with E-state index < -0.39 is 0 Å². The molecule has 0 fully saturated rings. The number of aliphatic hydroxyl groups is 1. The maximum Gasteiger partial charge on any atom is 0.140 e. The van der Waals surface area contributed by atoms with Crippen LogP contribution in [-0.4, -0.2) is 23.2 Å². The summed E-state index contributed by atoms with van der Waals surface area (Å²) in [7, 11) is 1.89. The number of aromatic nitrogens is 1. The Morgan fingerprint density at radius 2 is 2.24 bits per heavy atom. The van der Waals surface area contributed by atoms with Gasteiger partial charge in [-0.15, -0.1) is 0 Å². The summed E-state index contributed by atoms with van der Waals surface area (Å²) in [5.74, 6) is 1.55. The lowest BCUT2D eigenvalue weighted by Gasteiger charge is -2.26. The average molecular weight is 334 g/mol. The zero-order chi connectivity index (χ0) is 17.6. The summed E-state index contributed by atoms with van der Waals surface area (Å²) in [5.41, 5.74) is 5.17. The second-order valence-electron chi connectivity index (χ2n) is 6.84. The van der Waals surface area contributed by atoms with Gasteiger partial charge in [-0.3, -0.25) is 0 Å². The lowest BCUT2D eigenvalue weighted by atomic mass is 9.96. The predicted octanol–water partition coefficient (Wildman–Crippen LogP) is 4.69. The number of ether oxygens (including phenoxy) is 1. The van der Waals surface area contributed by atoms with Crippen LogP contribution in [0.2, 0.25) is 0 Å². The van der Waals surface area contributed by atoms with Crippen LogP contribution in [0, 0.1) is 0 Å². The van der Waals surface area contributed by atoms with Gasteiger partial charge in [0.2, 0.25) is 0 Å². The summed E-state index contributed by atoms with van der Waals surface area (Å²) in [6.45, 7) is 7.72. The van der Waals surface area contributed by atoms with Crippen molar-refractivity contribution in [3.63, 3.8) is 0 Å². The first-order valence-corrected chi connectivity index (χ1v) is 8.59. The SMILES string of the molecule is C=C(O)C1=CN(C)c2ncc(OC3CC4=C(CCC=C4)C3)cc2C1=C. The number of hydrogen-bond donors (Lipinski definition) is 1. The van der Waals surface area contributed by atoms with E-state index >= 15 is 0 Å². The third-order valence-corrected chi connectivity index (χ3v) is 5.07. The highest BCUT2D eigenvalue weighted by Crippen LogP contribution is 2.39. The van der Waals surface area contributed by atoms with Crippen LogP contribution >= 0.6 is 0 Å². The van der Waals surface area contributed by atoms with Crippen molar-refractivity contribution < 1.29 is 9.84 Å². The predicted molar refractivity (Wildman–Crippen MR) is 101 cm³/mol. The van der Waals surface area contributed by atoms with Crippen LogP contribution in [-0.2, 0) is 0 Å². The molecule has 0 spiro atoms. The zero-order valence-electron chi connectivity index (χ0n) is 14.5. The molecule has 2 aliphatic carbocycles. The number of fused-ring (bicyclic) bond motifs is 1. The molecular weight excluding hydrogens is 312 g/mol. The highest BCUT2D eigenvalue weighted by molar-refractivity contribution is 5.90. The summed E-state index contributed by atoms with van der Waals surface area (Å²) < 4.78 is 6.21. The van der Waals surface area contributed by atoms with Crippen molar-refractivity contribution in [1.82, 2.24) is 4.98 Å². The van der Waals surface area contributed by atoms with Crippen LogP contribution in [0.25, 0.3) is 5.57 Å². The Kier molecular flexibility index (Phi) is 3.75. The van der Waals surface area contributed by atoms with Crippen molar-refractivity contribution in [1.29, 1.82) is 0 Å². The molecule has 4 heteroatoms. The Hall–Kier alpha value is -2.75. The molecule has 0 saturated heterocycles. The van der Waals surface area contributed by atoms with E-state index in [1.54, 1.807) is 12.4 Å². The van der Waals surface area contributed by atoms with E-state index in [9.17, 15) is 5.11 Å². The molecule has 0 saturated carbocycles. The minimum Gasteiger partial charge on any atom is -0.508 e. The quantitative estimate of drug-likeness (QED) is 0.815. The van der Waals surface area contributed by atoms with Gasteiger partial charge in [0, 0.05) is 37.2 Å². The molecule has 1 aromatic rings. The standard InChI is InChI=1S/C21H22N2O2/c1-13-19-10-18(11-22-21(19)23(3)12-20(13)14(2)24)25-17-8-15-6-4-5-7-16(15)9-17/h4,6,10-12,17,24H,1-2,5,7-9H2,3H3. The Labute approximate surface area is 148 Å². The molecule has 25 heavy (non-hydrogen) atoms. The first kappa shape index (κ1) is 15.8. The number of nitrogens with zero attached hydrogens (tertiary/aromatic N) is 2. The molecule has 1 atom stereocenters. The summed E-state index contributed by atoms with van der Waals surface area (Å²) in [6, 6.07) is 1.96. The fraction of sp³-hybridized carbons (Fsp3) is 0.286. The number of pyridine rings is 1. The van der Waals surface area contributed by atoms with Gasteiger partial charge in [0.15, 0.2) is 0 Å². The van der Waals surface area contributed by atoms with Gasteiger partial charge in [-0.25, -0.2) is 4.98 Å². The monoisotopic (exact) mass is 334 g/mol. The van der Waals surface area contributed by atoms with Crippen molar-refractivity contribution >= 4 is 11.4 Å². The topological polar surface area (TPSA) is 45.6 Å². The molecule has 1 aromatic heterocycles. The van der Waals surface area contributed by atoms with Gasteiger partial charge in [-0.1, -0.05) is 30.9 Å². The minimum atomic E-state index is 0.00766. The molecule has 4 rings (SSSR count). The van der Waals surface area contributed by atoms with Crippen LogP contribution in [0.4, 0.5) is 5.82 Å². The fourth-order valence-corrected chi connectivity index (χ4v) is 3.81. The van der Waals surface area contributed by atoms with Crippen molar-refractivity contribution in [3.05, 3.63) is 71.8 Å². The molecule has 1 N–H and O–H groups in total. The maximum absolute atomic E-state index is 9.79. The molecule has 3 aliphatic rings. The largest absolute Gasteiger partial charge is 0.508 e. The Bertz CT molecular complexity index is 861. The fourth-order valence-electron chi connectivity index (χ4n) is 3.81. The molecule has 4 nitrogen and oxygen atoms in total. The lowest BCUT2D eigenvalue weighted by Crippen LogP contribution is -2.19. The first-order chi connectivity index (χ1) is 12.0. The molecular formula is C21H22N2O2. The van der Waals surface area contributed by atoms with E-state index in [2.05, 4.69) is 30.3 Å². The van der Waals surface area contributed by atoms with Gasteiger partial charge in [0.25, 0.3) is 0 Å². The van der Waals surface area contributed by atoms with Gasteiger partial charge in [0.05, 0.1) is 6.20 Å². The molecule has 1 aliphatic heterocycles. The van der Waals surface area contributed by atoms with Crippen molar-refractivity contribution in [2.45, 2.75) is 31.8 Å². The van der Waals surface area contributed by atoms with E-state index in [0.29, 0.717) is 11.1 Å². The van der Waals surface area contributed by atoms with E-state index in [1.165, 1.54) is 11.1 Å². The van der Waals surface area contributed by atoms with Crippen molar-refractivity contribution in [2.75, 3.05) is 11.9 Å². The van der Waals surface area contributed by atoms with Gasteiger partial charge in [0.1, 0.15) is 23.4 Å². The number of aliphatic hydroxyl groups excluding tert-OH is 1. The molecule has 0 radical (unpaired) electrons. The van der Waals surface area contributed by atoms with Gasteiger partial charge < -0.3 is 14.7 Å². The van der Waals surface area contributed by atoms with Crippen LogP contribution in [0.1, 0.15) is 31.2 Å². The highest BCUT2D eigenvalue weighted by Gasteiger charge is 2.27. The third-order valence-electron chi connectivity index (χ3n) is 5.07. The van der Waals surface area contributed by atoms with Crippen LogP contribution < -0.4 is 9.64 Å². The molecule has 0 aromatic carbocycles. The first-order valence-electron chi connectivity index (χ1n) is 8.59. The summed E-state index contributed by atoms with van der Waals surface area (Å²) in [5, 5.41) is 9.79. The molecule has 1 unspecified atom stereocenters. The zero-order valence-corrected chi connectivity index (χ0v) is 14.5. The van der Waals surface area contributed by atoms with E-state index in [0.717, 1.165) is 42.8 Å². The molecule has 2 heterocycles. The van der Waals surface area contributed by atoms with Crippen LogP contribution in [0.5, 0.6) is 5.75 Å². The number of rotatable bonds is 3. The summed E-state index contributed by atoms with van der Waals surface area (Å²) in [4.78, 5) is 6.40. The lowest BCUT2D eigenvalue weighted by molar-refractivity contribution is 0.212. The average Bonchev–Trinajstić information content (AvgIpc) is 3.00. The van der Waals surface area contributed by atoms with Gasteiger partial charge in [-0.2, -0.15) is 0 Å². The van der Waals surface area contributed by atoms with E-state index in [1.807, 2.05) is 18.0 Å². The third kappa shape index (κ3) is 2.78. The van der Waals surface area contributed by atoms with Crippen molar-refractivity contribution in [2.24, 2.45) is 0 Å². The normalized spacial score (nSPS) is 21.8. The molecule has 0 amide bonds. The summed E-state index contributed by atoms with van der Waals surface area (Å²) in [6.07, 6.45) is 12.5. The molecule has 0 bridgehead atoms. The van der Waals surface area contributed by atoms with Gasteiger partial charge in [-0.05, 0) is 30.1 Å². The number of anilines is 1. The summed E-state index contributed by atoms with van der Waals surface area (Å²) >= 11 is 0. The van der Waals surface area contributed by atoms with E-state index in [-0.39, 0.29) is 11.9 Å². The van der Waals surface area contributed by atoms with Crippen molar-refractivity contribution in [3.8, 4) is 5.75 Å². The number of hydrogen-bond acceptors (Lipinski definition) is 4. The second-order valence-corrected chi connectivity index (χ2v) is 6.84. The van der Waals surface area contributed by atoms with Crippen LogP contribution in [0.3, 0.4) is 0 Å². The maximum atomic E-state index is 9.79. The Morgan fingerprint density at radius 3 is 3.00 bits per heavy atom. The molecule has 128 valence electrons. The van der Waals surface area contributed by atoms with Crippen LogP contribution in [0.15, 0.2) is 66.3 Å².